The van der Waals surface area contributed by atoms with Gasteiger partial charge in [-0.05, 0) is 13.8 Å². The number of carboxylic acids is 1. The van der Waals surface area contributed by atoms with Gasteiger partial charge in [0.05, 0.1) is 0 Å². The fraction of sp³-hybridized carbons (Fsp3) is 0.857. The molecular weight excluding hydrogens is 219 g/mol. The normalized spacial score (nSPS) is 12.1. The van der Waals surface area contributed by atoms with Crippen molar-refractivity contribution >= 4 is 29.2 Å². The summed E-state index contributed by atoms with van der Waals surface area (Å²) in [6, 6.07) is 0. The molecule has 1 N–H and O–H groups in total. The highest BCUT2D eigenvalue weighted by Gasteiger charge is 2.44. The molecule has 0 saturated heterocycles. The average molecular weight is 231 g/mol. The van der Waals surface area contributed by atoms with Gasteiger partial charge in [-0.1, -0.05) is 23.2 Å². The number of halogens is 2. The van der Waals surface area contributed by atoms with Crippen molar-refractivity contribution in [1.82, 2.24) is 0 Å². The summed E-state index contributed by atoms with van der Waals surface area (Å²) in [6.45, 7) is 3.94. The Hall–Kier alpha value is -0.0300. The van der Waals surface area contributed by atoms with Gasteiger partial charge in [0.25, 0.3) is 4.33 Å². The van der Waals surface area contributed by atoms with E-state index in [9.17, 15) is 4.79 Å². The number of ether oxygens (including phenoxy) is 2. The van der Waals surface area contributed by atoms with Gasteiger partial charge < -0.3 is 14.6 Å². The van der Waals surface area contributed by atoms with E-state index >= 15 is 0 Å². The van der Waals surface area contributed by atoms with E-state index in [0.29, 0.717) is 0 Å². The molecule has 0 radical (unpaired) electrons. The van der Waals surface area contributed by atoms with E-state index in [0.717, 1.165) is 0 Å². The summed E-state index contributed by atoms with van der Waals surface area (Å²) >= 11 is 11.0. The van der Waals surface area contributed by atoms with Crippen LogP contribution in [0.3, 0.4) is 0 Å². The Morgan fingerprint density at radius 3 is 2.00 bits per heavy atom. The lowest BCUT2D eigenvalue weighted by molar-refractivity contribution is -0.167. The first kappa shape index (κ1) is 13.0. The molecule has 0 rings (SSSR count). The summed E-state index contributed by atoms with van der Waals surface area (Å²) in [7, 11) is 0. The quantitative estimate of drug-likeness (QED) is 0.557. The number of carboxylic acid groups (broad SMARTS) is 1. The highest BCUT2D eigenvalue weighted by atomic mass is 35.5. The van der Waals surface area contributed by atoms with Crippen LogP contribution >= 0.6 is 23.2 Å². The van der Waals surface area contributed by atoms with Crippen LogP contribution in [0.25, 0.3) is 0 Å². The molecule has 0 amide bonds. The Balaban J connectivity index is 4.41. The third-order valence-corrected chi connectivity index (χ3v) is 1.90. The fourth-order valence-corrected chi connectivity index (χ4v) is 0.913. The molecule has 0 aliphatic rings. The number of hydrogen-bond donors (Lipinski definition) is 1. The van der Waals surface area contributed by atoms with Crippen LogP contribution in [0.15, 0.2) is 0 Å². The Kier molecular flexibility index (Phi) is 5.64. The minimum atomic E-state index is -2.06. The maximum absolute atomic E-state index is 10.6. The standard InChI is InChI=1S/C7H12Cl2O4/c1-3-12-6(13-4-2)7(8,9)5(10)11/h6H,3-4H2,1-2H3,(H,10,11). The highest BCUT2D eigenvalue weighted by Crippen LogP contribution is 2.28. The average Bonchev–Trinajstić information content (AvgIpc) is 2.03. The van der Waals surface area contributed by atoms with Crippen molar-refractivity contribution < 1.29 is 19.4 Å². The molecule has 0 aromatic heterocycles. The smallest absolute Gasteiger partial charge is 0.345 e. The summed E-state index contributed by atoms with van der Waals surface area (Å²) in [5.74, 6) is -1.39. The van der Waals surface area contributed by atoms with E-state index in [1.807, 2.05) is 0 Å². The van der Waals surface area contributed by atoms with Crippen molar-refractivity contribution in [2.45, 2.75) is 24.5 Å². The molecule has 0 aliphatic carbocycles. The van der Waals surface area contributed by atoms with Crippen molar-refractivity contribution in [3.8, 4) is 0 Å². The summed E-state index contributed by atoms with van der Waals surface area (Å²) in [6.07, 6.45) is -1.15. The molecule has 13 heavy (non-hydrogen) atoms. The third kappa shape index (κ3) is 3.68. The molecular formula is C7H12Cl2O4. The van der Waals surface area contributed by atoms with Crippen molar-refractivity contribution in [2.24, 2.45) is 0 Å². The van der Waals surface area contributed by atoms with Crippen LogP contribution in [-0.2, 0) is 14.3 Å². The SMILES string of the molecule is CCOC(OCC)C(Cl)(Cl)C(=O)O. The second kappa shape index (κ2) is 5.65. The summed E-state index contributed by atoms with van der Waals surface area (Å²) in [5.41, 5.74) is 0. The molecule has 0 spiro atoms. The zero-order valence-corrected chi connectivity index (χ0v) is 8.93. The molecule has 0 unspecified atom stereocenters. The van der Waals surface area contributed by atoms with Crippen LogP contribution in [0.1, 0.15) is 13.8 Å². The van der Waals surface area contributed by atoms with E-state index < -0.39 is 16.6 Å². The van der Waals surface area contributed by atoms with Gasteiger partial charge in [0.1, 0.15) is 0 Å². The van der Waals surface area contributed by atoms with E-state index in [1.165, 1.54) is 0 Å². The number of carbonyl (C=O) groups is 1. The van der Waals surface area contributed by atoms with Crippen LogP contribution < -0.4 is 0 Å². The molecule has 0 aromatic carbocycles. The summed E-state index contributed by atoms with van der Waals surface area (Å²) in [4.78, 5) is 10.6. The minimum Gasteiger partial charge on any atom is -0.479 e. The van der Waals surface area contributed by atoms with Crippen molar-refractivity contribution in [3.63, 3.8) is 0 Å². The molecule has 4 nitrogen and oxygen atoms in total. The first-order valence-corrected chi connectivity index (χ1v) is 4.56. The molecule has 6 heteroatoms. The number of rotatable bonds is 6. The molecule has 0 atom stereocenters. The van der Waals surface area contributed by atoms with Crippen LogP contribution in [0.5, 0.6) is 0 Å². The Morgan fingerprint density at radius 1 is 1.38 bits per heavy atom. The van der Waals surface area contributed by atoms with Gasteiger partial charge in [0, 0.05) is 13.2 Å². The predicted octanol–water partition coefficient (Wildman–Crippen LogP) is 1.64. The lowest BCUT2D eigenvalue weighted by atomic mass is 10.4. The molecule has 0 heterocycles. The first-order chi connectivity index (χ1) is 5.96. The Morgan fingerprint density at radius 2 is 1.77 bits per heavy atom. The summed E-state index contributed by atoms with van der Waals surface area (Å²) < 4.78 is 7.82. The highest BCUT2D eigenvalue weighted by molar-refractivity contribution is 6.57. The number of hydrogen-bond acceptors (Lipinski definition) is 3. The molecule has 78 valence electrons. The van der Waals surface area contributed by atoms with Gasteiger partial charge in [-0.15, -0.1) is 0 Å². The molecule has 0 aliphatic heterocycles. The van der Waals surface area contributed by atoms with E-state index in [2.05, 4.69) is 0 Å². The Labute approximate surface area is 86.7 Å². The molecule has 0 fully saturated rings. The van der Waals surface area contributed by atoms with Crippen molar-refractivity contribution in [1.29, 1.82) is 0 Å². The first-order valence-electron chi connectivity index (χ1n) is 3.81. The molecule has 0 bridgehead atoms. The Bertz CT molecular complexity index is 166. The monoisotopic (exact) mass is 230 g/mol. The van der Waals surface area contributed by atoms with Crippen LogP contribution in [-0.4, -0.2) is 34.9 Å². The maximum Gasteiger partial charge on any atom is 0.345 e. The van der Waals surface area contributed by atoms with Crippen molar-refractivity contribution in [2.75, 3.05) is 13.2 Å². The third-order valence-electron chi connectivity index (χ3n) is 1.22. The topological polar surface area (TPSA) is 55.8 Å². The number of alkyl halides is 2. The van der Waals surface area contributed by atoms with Gasteiger partial charge in [-0.3, -0.25) is 0 Å². The van der Waals surface area contributed by atoms with Crippen LogP contribution in [0, 0.1) is 0 Å². The fourth-order valence-electron chi connectivity index (χ4n) is 0.661. The van der Waals surface area contributed by atoms with E-state index in [4.69, 9.17) is 37.8 Å². The van der Waals surface area contributed by atoms with Crippen LogP contribution in [0.4, 0.5) is 0 Å². The number of aliphatic carboxylic acids is 1. The zero-order chi connectivity index (χ0) is 10.5. The summed E-state index contributed by atoms with van der Waals surface area (Å²) in [5, 5.41) is 8.64. The van der Waals surface area contributed by atoms with E-state index in [1.54, 1.807) is 13.8 Å². The van der Waals surface area contributed by atoms with Crippen LogP contribution in [0.2, 0.25) is 0 Å². The van der Waals surface area contributed by atoms with E-state index in [-0.39, 0.29) is 13.2 Å². The van der Waals surface area contributed by atoms with Gasteiger partial charge in [-0.25, -0.2) is 4.79 Å². The van der Waals surface area contributed by atoms with Gasteiger partial charge in [0.15, 0.2) is 0 Å². The predicted molar refractivity (Wildman–Crippen MR) is 49.1 cm³/mol. The zero-order valence-electron chi connectivity index (χ0n) is 7.42. The lowest BCUT2D eigenvalue weighted by Gasteiger charge is -2.25. The second-order valence-electron chi connectivity index (χ2n) is 2.17. The molecule has 0 saturated carbocycles. The second-order valence-corrected chi connectivity index (χ2v) is 3.56. The maximum atomic E-state index is 10.6. The lowest BCUT2D eigenvalue weighted by Crippen LogP contribution is -2.43. The largest absolute Gasteiger partial charge is 0.479 e. The molecule has 0 aromatic rings. The van der Waals surface area contributed by atoms with Gasteiger partial charge >= 0.3 is 5.97 Å². The van der Waals surface area contributed by atoms with Gasteiger partial charge in [-0.2, -0.15) is 0 Å². The van der Waals surface area contributed by atoms with Gasteiger partial charge in [0.2, 0.25) is 6.29 Å². The minimum absolute atomic E-state index is 0.277. The van der Waals surface area contributed by atoms with Crippen molar-refractivity contribution in [3.05, 3.63) is 0 Å².